The molecule has 3 heteroatoms. The maximum atomic E-state index is 6.05. The molecular formula is C11H15Cl2N. The van der Waals surface area contributed by atoms with Gasteiger partial charge in [-0.25, -0.2) is 0 Å². The Bertz CT molecular complexity index is 310. The highest BCUT2D eigenvalue weighted by Gasteiger charge is 2.09. The summed E-state index contributed by atoms with van der Waals surface area (Å²) in [6.45, 7) is 6.45. The van der Waals surface area contributed by atoms with E-state index in [1.54, 1.807) is 6.07 Å². The van der Waals surface area contributed by atoms with E-state index in [-0.39, 0.29) is 0 Å². The molecule has 1 rings (SSSR count). The predicted molar refractivity (Wildman–Crippen MR) is 64.4 cm³/mol. The maximum absolute atomic E-state index is 6.05. The Balaban J connectivity index is 2.82. The van der Waals surface area contributed by atoms with Crippen LogP contribution in [0.1, 0.15) is 20.8 Å². The molecule has 0 spiro atoms. The first kappa shape index (κ1) is 11.7. The first-order chi connectivity index (χ1) is 6.52. The van der Waals surface area contributed by atoms with Crippen molar-refractivity contribution in [3.63, 3.8) is 0 Å². The second kappa shape index (κ2) is 4.90. The third-order valence-corrected chi connectivity index (χ3v) is 3.15. The van der Waals surface area contributed by atoms with Crippen molar-refractivity contribution in [3.05, 3.63) is 28.2 Å². The highest BCUT2D eigenvalue weighted by atomic mass is 35.5. The van der Waals surface area contributed by atoms with Crippen molar-refractivity contribution in [1.29, 1.82) is 0 Å². The van der Waals surface area contributed by atoms with Crippen LogP contribution in [-0.2, 0) is 0 Å². The second-order valence-electron chi connectivity index (χ2n) is 3.78. The fourth-order valence-electron chi connectivity index (χ4n) is 1.03. The van der Waals surface area contributed by atoms with Gasteiger partial charge < -0.3 is 5.32 Å². The van der Waals surface area contributed by atoms with Crippen LogP contribution in [0.15, 0.2) is 18.2 Å². The van der Waals surface area contributed by atoms with E-state index in [2.05, 4.69) is 26.1 Å². The van der Waals surface area contributed by atoms with Crippen LogP contribution in [0.4, 0.5) is 5.69 Å². The van der Waals surface area contributed by atoms with E-state index in [1.807, 2.05) is 12.1 Å². The largest absolute Gasteiger partial charge is 0.381 e. The van der Waals surface area contributed by atoms with Crippen molar-refractivity contribution in [2.75, 3.05) is 5.32 Å². The molecule has 1 N–H and O–H groups in total. The summed E-state index contributed by atoms with van der Waals surface area (Å²) in [6, 6.07) is 6.00. The molecule has 0 aromatic heterocycles. The minimum absolute atomic E-state index is 0.381. The van der Waals surface area contributed by atoms with Gasteiger partial charge in [-0.05, 0) is 25.0 Å². The van der Waals surface area contributed by atoms with Gasteiger partial charge >= 0.3 is 0 Å². The van der Waals surface area contributed by atoms with Crippen LogP contribution >= 0.6 is 23.2 Å². The normalized spacial score (nSPS) is 13.0. The van der Waals surface area contributed by atoms with Crippen molar-refractivity contribution < 1.29 is 0 Å². The number of nitrogens with one attached hydrogen (secondary N) is 1. The van der Waals surface area contributed by atoms with Gasteiger partial charge in [-0.3, -0.25) is 0 Å². The van der Waals surface area contributed by atoms with E-state index in [0.29, 0.717) is 22.0 Å². The summed E-state index contributed by atoms with van der Waals surface area (Å²) in [7, 11) is 0. The molecule has 0 bridgehead atoms. The van der Waals surface area contributed by atoms with Crippen LogP contribution in [0.5, 0.6) is 0 Å². The Morgan fingerprint density at radius 3 is 2.36 bits per heavy atom. The lowest BCUT2D eigenvalue weighted by Crippen LogP contribution is -2.21. The van der Waals surface area contributed by atoms with Crippen LogP contribution in [-0.4, -0.2) is 6.04 Å². The van der Waals surface area contributed by atoms with E-state index >= 15 is 0 Å². The fourth-order valence-corrected chi connectivity index (χ4v) is 1.38. The molecule has 0 amide bonds. The number of anilines is 1. The summed E-state index contributed by atoms with van der Waals surface area (Å²) in [6.07, 6.45) is 0. The monoisotopic (exact) mass is 231 g/mol. The number of benzene rings is 1. The van der Waals surface area contributed by atoms with Crippen molar-refractivity contribution in [3.8, 4) is 0 Å². The van der Waals surface area contributed by atoms with E-state index in [1.165, 1.54) is 0 Å². The SMILES string of the molecule is CC(C)C(C)Nc1cccc(Cl)c1Cl. The molecule has 0 aliphatic rings. The summed E-state index contributed by atoms with van der Waals surface area (Å²) < 4.78 is 0. The van der Waals surface area contributed by atoms with E-state index in [0.717, 1.165) is 5.69 Å². The van der Waals surface area contributed by atoms with Gasteiger partial charge in [0.15, 0.2) is 0 Å². The molecule has 1 aromatic rings. The van der Waals surface area contributed by atoms with Gasteiger partial charge in [-0.15, -0.1) is 0 Å². The Hall–Kier alpha value is -0.400. The van der Waals surface area contributed by atoms with Gasteiger partial charge in [0.05, 0.1) is 15.7 Å². The van der Waals surface area contributed by atoms with Crippen molar-refractivity contribution >= 4 is 28.9 Å². The summed E-state index contributed by atoms with van der Waals surface area (Å²) in [5, 5.41) is 4.52. The maximum Gasteiger partial charge on any atom is 0.0823 e. The van der Waals surface area contributed by atoms with Crippen molar-refractivity contribution in [2.45, 2.75) is 26.8 Å². The molecule has 1 atom stereocenters. The zero-order chi connectivity index (χ0) is 10.7. The molecule has 0 saturated heterocycles. The van der Waals surface area contributed by atoms with Gasteiger partial charge in [0, 0.05) is 6.04 Å². The van der Waals surface area contributed by atoms with Crippen LogP contribution in [0.3, 0.4) is 0 Å². The van der Waals surface area contributed by atoms with Crippen LogP contribution < -0.4 is 5.32 Å². The van der Waals surface area contributed by atoms with E-state index < -0.39 is 0 Å². The third-order valence-electron chi connectivity index (χ3n) is 2.33. The third kappa shape index (κ3) is 2.79. The topological polar surface area (TPSA) is 12.0 Å². The Labute approximate surface area is 95.4 Å². The van der Waals surface area contributed by atoms with Crippen LogP contribution in [0.25, 0.3) is 0 Å². The number of hydrogen-bond donors (Lipinski definition) is 1. The quantitative estimate of drug-likeness (QED) is 0.811. The first-order valence-corrected chi connectivity index (χ1v) is 5.48. The van der Waals surface area contributed by atoms with E-state index in [4.69, 9.17) is 23.2 Å². The summed E-state index contributed by atoms with van der Waals surface area (Å²) in [5.41, 5.74) is 0.903. The molecule has 1 unspecified atom stereocenters. The van der Waals surface area contributed by atoms with Gasteiger partial charge in [0.2, 0.25) is 0 Å². The van der Waals surface area contributed by atoms with Crippen LogP contribution in [0.2, 0.25) is 10.0 Å². The number of hydrogen-bond acceptors (Lipinski definition) is 1. The first-order valence-electron chi connectivity index (χ1n) is 4.73. The molecule has 0 heterocycles. The summed E-state index contributed by atoms with van der Waals surface area (Å²) in [5.74, 6) is 0.560. The average Bonchev–Trinajstić information content (AvgIpc) is 2.12. The summed E-state index contributed by atoms with van der Waals surface area (Å²) >= 11 is 12.0. The number of rotatable bonds is 3. The Morgan fingerprint density at radius 1 is 1.14 bits per heavy atom. The molecule has 0 aliphatic heterocycles. The zero-order valence-corrected chi connectivity index (χ0v) is 10.2. The predicted octanol–water partition coefficient (Wildman–Crippen LogP) is 4.45. The molecule has 78 valence electrons. The molecule has 0 aliphatic carbocycles. The van der Waals surface area contributed by atoms with E-state index in [9.17, 15) is 0 Å². The average molecular weight is 232 g/mol. The minimum Gasteiger partial charge on any atom is -0.381 e. The lowest BCUT2D eigenvalue weighted by molar-refractivity contribution is 0.560. The van der Waals surface area contributed by atoms with Crippen molar-refractivity contribution in [2.24, 2.45) is 5.92 Å². The summed E-state index contributed by atoms with van der Waals surface area (Å²) in [4.78, 5) is 0. The molecule has 14 heavy (non-hydrogen) atoms. The Morgan fingerprint density at radius 2 is 1.79 bits per heavy atom. The molecule has 0 fully saturated rings. The fraction of sp³-hybridized carbons (Fsp3) is 0.455. The van der Waals surface area contributed by atoms with Gasteiger partial charge in [0.25, 0.3) is 0 Å². The molecule has 0 radical (unpaired) electrons. The molecular weight excluding hydrogens is 217 g/mol. The molecule has 1 aromatic carbocycles. The number of halogens is 2. The van der Waals surface area contributed by atoms with Gasteiger partial charge in [0.1, 0.15) is 0 Å². The smallest absolute Gasteiger partial charge is 0.0823 e. The standard InChI is InChI=1S/C11H15Cl2N/c1-7(2)8(3)14-10-6-4-5-9(12)11(10)13/h4-8,14H,1-3H3. The molecule has 0 saturated carbocycles. The highest BCUT2D eigenvalue weighted by Crippen LogP contribution is 2.30. The van der Waals surface area contributed by atoms with Gasteiger partial charge in [-0.1, -0.05) is 43.1 Å². The van der Waals surface area contributed by atoms with Crippen molar-refractivity contribution in [1.82, 2.24) is 0 Å². The highest BCUT2D eigenvalue weighted by molar-refractivity contribution is 6.43. The van der Waals surface area contributed by atoms with Crippen LogP contribution in [0, 0.1) is 5.92 Å². The van der Waals surface area contributed by atoms with Gasteiger partial charge in [-0.2, -0.15) is 0 Å². The minimum atomic E-state index is 0.381. The second-order valence-corrected chi connectivity index (χ2v) is 4.56. The zero-order valence-electron chi connectivity index (χ0n) is 8.64. The lowest BCUT2D eigenvalue weighted by atomic mass is 10.1. The molecule has 1 nitrogen and oxygen atoms in total. The Kier molecular flexibility index (Phi) is 4.09. The lowest BCUT2D eigenvalue weighted by Gasteiger charge is -2.19.